The van der Waals surface area contributed by atoms with Gasteiger partial charge in [-0.15, -0.1) is 0 Å². The molecular weight excluding hydrogens is 288 g/mol. The molecule has 0 bridgehead atoms. The maximum atomic E-state index is 12.8. The third-order valence-electron chi connectivity index (χ3n) is 4.84. The van der Waals surface area contributed by atoms with Crippen molar-refractivity contribution in [3.05, 3.63) is 59.7 Å². The van der Waals surface area contributed by atoms with Gasteiger partial charge in [-0.25, -0.2) is 0 Å². The van der Waals surface area contributed by atoms with Gasteiger partial charge < -0.3 is 14.5 Å². The first-order chi connectivity index (χ1) is 11.3. The Bertz CT molecular complexity index is 744. The molecule has 2 aliphatic heterocycles. The lowest BCUT2D eigenvalue weighted by Crippen LogP contribution is -2.53. The Morgan fingerprint density at radius 2 is 2.00 bits per heavy atom. The van der Waals surface area contributed by atoms with Crippen molar-refractivity contribution in [3.8, 4) is 5.75 Å². The second kappa shape index (κ2) is 5.61. The normalized spacial score (nSPS) is 19.3. The Balaban J connectivity index is 1.52. The van der Waals surface area contributed by atoms with E-state index in [4.69, 9.17) is 4.74 Å². The van der Waals surface area contributed by atoms with E-state index in [0.717, 1.165) is 31.8 Å². The molecule has 0 N–H and O–H groups in total. The van der Waals surface area contributed by atoms with Crippen LogP contribution in [-0.2, 0) is 6.42 Å². The van der Waals surface area contributed by atoms with Crippen molar-refractivity contribution < 1.29 is 9.53 Å². The quantitative estimate of drug-likeness (QED) is 0.855. The van der Waals surface area contributed by atoms with Gasteiger partial charge in [0.25, 0.3) is 5.91 Å². The molecule has 4 rings (SSSR count). The zero-order chi connectivity index (χ0) is 15.8. The highest BCUT2D eigenvalue weighted by molar-refractivity contribution is 5.94. The van der Waals surface area contributed by atoms with E-state index >= 15 is 0 Å². The SMILES string of the molecule is COc1cccc(C(=O)N2CCN3c4ccccc4CC3C2)c1. The highest BCUT2D eigenvalue weighted by Gasteiger charge is 2.35. The molecule has 2 heterocycles. The van der Waals surface area contributed by atoms with Crippen LogP contribution < -0.4 is 9.64 Å². The van der Waals surface area contributed by atoms with Crippen molar-refractivity contribution in [2.45, 2.75) is 12.5 Å². The number of anilines is 1. The minimum atomic E-state index is 0.0968. The van der Waals surface area contributed by atoms with Gasteiger partial charge in [-0.05, 0) is 36.2 Å². The molecule has 23 heavy (non-hydrogen) atoms. The summed E-state index contributed by atoms with van der Waals surface area (Å²) in [6, 6.07) is 16.4. The summed E-state index contributed by atoms with van der Waals surface area (Å²) < 4.78 is 5.23. The monoisotopic (exact) mass is 308 g/mol. The fraction of sp³-hybridized carbons (Fsp3) is 0.316. The Kier molecular flexibility index (Phi) is 3.45. The molecular formula is C19H20N2O2. The van der Waals surface area contributed by atoms with Crippen molar-refractivity contribution in [3.63, 3.8) is 0 Å². The van der Waals surface area contributed by atoms with E-state index in [1.54, 1.807) is 7.11 Å². The van der Waals surface area contributed by atoms with Gasteiger partial charge in [-0.3, -0.25) is 4.79 Å². The topological polar surface area (TPSA) is 32.8 Å². The van der Waals surface area contributed by atoms with Gasteiger partial charge in [-0.1, -0.05) is 24.3 Å². The summed E-state index contributed by atoms with van der Waals surface area (Å²) in [6.07, 6.45) is 1.03. The van der Waals surface area contributed by atoms with Crippen molar-refractivity contribution in [2.24, 2.45) is 0 Å². The number of nitrogens with zero attached hydrogens (tertiary/aromatic N) is 2. The Morgan fingerprint density at radius 3 is 2.87 bits per heavy atom. The number of benzene rings is 2. The molecule has 1 fully saturated rings. The predicted octanol–water partition coefficient (Wildman–Crippen LogP) is 2.58. The van der Waals surface area contributed by atoms with Crippen LogP contribution in [0.3, 0.4) is 0 Å². The molecule has 2 aromatic rings. The van der Waals surface area contributed by atoms with E-state index < -0.39 is 0 Å². The summed E-state index contributed by atoms with van der Waals surface area (Å²) in [6.45, 7) is 2.45. The van der Waals surface area contributed by atoms with Crippen LogP contribution in [0.2, 0.25) is 0 Å². The van der Waals surface area contributed by atoms with E-state index in [1.807, 2.05) is 29.2 Å². The smallest absolute Gasteiger partial charge is 0.254 e. The third-order valence-corrected chi connectivity index (χ3v) is 4.84. The number of fused-ring (bicyclic) bond motifs is 3. The summed E-state index contributed by atoms with van der Waals surface area (Å²) in [7, 11) is 1.62. The highest BCUT2D eigenvalue weighted by Crippen LogP contribution is 2.34. The van der Waals surface area contributed by atoms with Crippen molar-refractivity contribution in [1.29, 1.82) is 0 Å². The number of carbonyl (C=O) groups is 1. The van der Waals surface area contributed by atoms with Crippen LogP contribution in [0.25, 0.3) is 0 Å². The van der Waals surface area contributed by atoms with E-state index in [-0.39, 0.29) is 5.91 Å². The van der Waals surface area contributed by atoms with Crippen LogP contribution in [0.4, 0.5) is 5.69 Å². The van der Waals surface area contributed by atoms with Gasteiger partial charge in [0, 0.05) is 30.9 Å². The molecule has 0 spiro atoms. The van der Waals surface area contributed by atoms with E-state index in [0.29, 0.717) is 11.6 Å². The zero-order valence-electron chi connectivity index (χ0n) is 13.2. The first-order valence-corrected chi connectivity index (χ1v) is 8.04. The minimum absolute atomic E-state index is 0.0968. The maximum Gasteiger partial charge on any atom is 0.254 e. The predicted molar refractivity (Wildman–Crippen MR) is 90.2 cm³/mol. The molecule has 1 unspecified atom stereocenters. The standard InChI is InChI=1S/C19H20N2O2/c1-23-17-7-4-6-15(12-17)19(22)20-9-10-21-16(13-20)11-14-5-2-3-8-18(14)21/h2-8,12,16H,9-11,13H2,1H3. The second-order valence-electron chi connectivity index (χ2n) is 6.16. The first-order valence-electron chi connectivity index (χ1n) is 8.04. The van der Waals surface area contributed by atoms with Gasteiger partial charge in [0.2, 0.25) is 0 Å². The van der Waals surface area contributed by atoms with Crippen molar-refractivity contribution >= 4 is 11.6 Å². The molecule has 4 heteroatoms. The summed E-state index contributed by atoms with van der Waals surface area (Å²) >= 11 is 0. The molecule has 1 saturated heterocycles. The lowest BCUT2D eigenvalue weighted by atomic mass is 10.1. The fourth-order valence-electron chi connectivity index (χ4n) is 3.69. The summed E-state index contributed by atoms with van der Waals surface area (Å²) in [4.78, 5) is 17.2. The molecule has 118 valence electrons. The molecule has 2 aromatic carbocycles. The van der Waals surface area contributed by atoms with E-state index in [9.17, 15) is 4.79 Å². The van der Waals surface area contributed by atoms with Crippen LogP contribution >= 0.6 is 0 Å². The van der Waals surface area contributed by atoms with Crippen LogP contribution in [0.1, 0.15) is 15.9 Å². The van der Waals surface area contributed by atoms with Crippen LogP contribution in [0, 0.1) is 0 Å². The van der Waals surface area contributed by atoms with Crippen LogP contribution in [0.15, 0.2) is 48.5 Å². The number of amides is 1. The maximum absolute atomic E-state index is 12.8. The fourth-order valence-corrected chi connectivity index (χ4v) is 3.69. The van der Waals surface area contributed by atoms with E-state index in [2.05, 4.69) is 29.2 Å². The average Bonchev–Trinajstić information content (AvgIpc) is 2.98. The molecule has 0 saturated carbocycles. The minimum Gasteiger partial charge on any atom is -0.497 e. The number of carbonyl (C=O) groups excluding carboxylic acids is 1. The molecule has 4 nitrogen and oxygen atoms in total. The van der Waals surface area contributed by atoms with Gasteiger partial charge in [0.1, 0.15) is 5.75 Å². The number of piperazine rings is 1. The van der Waals surface area contributed by atoms with Crippen LogP contribution in [-0.4, -0.2) is 43.6 Å². The third kappa shape index (κ3) is 2.44. The van der Waals surface area contributed by atoms with Gasteiger partial charge >= 0.3 is 0 Å². The molecule has 0 aromatic heterocycles. The van der Waals surface area contributed by atoms with Gasteiger partial charge in [0.15, 0.2) is 0 Å². The molecule has 1 amide bonds. The summed E-state index contributed by atoms with van der Waals surface area (Å²) in [5.74, 6) is 0.822. The number of methoxy groups -OCH3 is 1. The number of hydrogen-bond donors (Lipinski definition) is 0. The number of para-hydroxylation sites is 1. The second-order valence-corrected chi connectivity index (χ2v) is 6.16. The lowest BCUT2D eigenvalue weighted by Gasteiger charge is -2.39. The van der Waals surface area contributed by atoms with Gasteiger partial charge in [0.05, 0.1) is 13.2 Å². The number of rotatable bonds is 2. The van der Waals surface area contributed by atoms with Gasteiger partial charge in [-0.2, -0.15) is 0 Å². The molecule has 0 radical (unpaired) electrons. The Morgan fingerprint density at radius 1 is 1.13 bits per heavy atom. The Hall–Kier alpha value is -2.49. The zero-order valence-corrected chi connectivity index (χ0v) is 13.2. The lowest BCUT2D eigenvalue weighted by molar-refractivity contribution is 0.0725. The van der Waals surface area contributed by atoms with Crippen LogP contribution in [0.5, 0.6) is 5.75 Å². The molecule has 1 atom stereocenters. The largest absolute Gasteiger partial charge is 0.497 e. The molecule has 2 aliphatic rings. The summed E-state index contributed by atoms with van der Waals surface area (Å²) in [5, 5.41) is 0. The van der Waals surface area contributed by atoms with E-state index in [1.165, 1.54) is 11.3 Å². The number of ether oxygens (including phenoxy) is 1. The van der Waals surface area contributed by atoms with Crippen molar-refractivity contribution in [1.82, 2.24) is 4.90 Å². The molecule has 0 aliphatic carbocycles. The Labute approximate surface area is 136 Å². The highest BCUT2D eigenvalue weighted by atomic mass is 16.5. The average molecular weight is 308 g/mol. The van der Waals surface area contributed by atoms with Crippen molar-refractivity contribution in [2.75, 3.05) is 31.6 Å². The first kappa shape index (κ1) is 14.1. The number of hydrogen-bond acceptors (Lipinski definition) is 3. The summed E-state index contributed by atoms with van der Waals surface area (Å²) in [5.41, 5.74) is 3.44.